The third kappa shape index (κ3) is 4.37. The first kappa shape index (κ1) is 15.2. The van der Waals surface area contributed by atoms with Crippen LogP contribution in [0.25, 0.3) is 0 Å². The molecule has 0 saturated carbocycles. The van der Waals surface area contributed by atoms with Crippen LogP contribution in [0.2, 0.25) is 0 Å². The Balaban J connectivity index is 4.53. The summed E-state index contributed by atoms with van der Waals surface area (Å²) in [4.78, 5) is 0. The molecule has 0 rings (SSSR count). The van der Waals surface area contributed by atoms with Gasteiger partial charge in [0.2, 0.25) is 0 Å². The van der Waals surface area contributed by atoms with Gasteiger partial charge in [-0.05, 0) is 26.7 Å². The second-order valence-corrected chi connectivity index (χ2v) is 4.57. The molecule has 0 aromatic heterocycles. The van der Waals surface area contributed by atoms with Crippen molar-refractivity contribution in [3.05, 3.63) is 0 Å². The summed E-state index contributed by atoms with van der Waals surface area (Å²) in [6, 6.07) is 0. The Morgan fingerprint density at radius 1 is 1.06 bits per heavy atom. The predicted octanol–water partition coefficient (Wildman–Crippen LogP) is 2.20. The van der Waals surface area contributed by atoms with Gasteiger partial charge in [0.15, 0.2) is 0 Å². The summed E-state index contributed by atoms with van der Waals surface area (Å²) in [5.74, 6) is 4.87. The molecule has 16 heavy (non-hydrogen) atoms. The van der Waals surface area contributed by atoms with Crippen molar-refractivity contribution >= 4 is 11.4 Å². The lowest BCUT2D eigenvalue weighted by molar-refractivity contribution is 0.0935. The fourth-order valence-electron chi connectivity index (χ4n) is 0.687. The first-order chi connectivity index (χ1) is 7.34. The van der Waals surface area contributed by atoms with Crippen LogP contribution in [0.1, 0.15) is 40.5 Å². The molecule has 4 heteroatoms. The molecule has 3 nitrogen and oxygen atoms in total. The van der Waals surface area contributed by atoms with Crippen molar-refractivity contribution < 1.29 is 12.6 Å². The third-order valence-corrected chi connectivity index (χ3v) is 3.47. The van der Waals surface area contributed by atoms with Gasteiger partial charge in [0.25, 0.3) is 0 Å². The predicted molar refractivity (Wildman–Crippen MR) is 65.4 cm³/mol. The fourth-order valence-corrected chi connectivity index (χ4v) is 1.65. The van der Waals surface area contributed by atoms with Gasteiger partial charge in [-0.25, -0.2) is 8.37 Å². The molecule has 0 aliphatic rings. The Morgan fingerprint density at radius 3 is 1.56 bits per heavy atom. The van der Waals surface area contributed by atoms with Crippen LogP contribution >= 0.6 is 0 Å². The lowest BCUT2D eigenvalue weighted by Crippen LogP contribution is -2.32. The van der Waals surface area contributed by atoms with Gasteiger partial charge < -0.3 is 0 Å². The van der Waals surface area contributed by atoms with Crippen molar-refractivity contribution in [2.75, 3.05) is 0 Å². The van der Waals surface area contributed by atoms with Gasteiger partial charge in [0, 0.05) is 0 Å². The molecule has 2 unspecified atom stereocenters. The Labute approximate surface area is 101 Å². The smallest absolute Gasteiger partial charge is 0.249 e. The van der Waals surface area contributed by atoms with Crippen LogP contribution in [0.5, 0.6) is 0 Å². The van der Waals surface area contributed by atoms with Crippen molar-refractivity contribution in [3.8, 4) is 24.7 Å². The minimum atomic E-state index is -1.94. The molecule has 0 aliphatic heterocycles. The maximum absolute atomic E-state index is 11.6. The van der Waals surface area contributed by atoms with E-state index in [4.69, 9.17) is 21.2 Å². The topological polar surface area (TPSA) is 35.5 Å². The average molecular weight is 242 g/mol. The van der Waals surface area contributed by atoms with Crippen molar-refractivity contribution in [2.24, 2.45) is 0 Å². The molecule has 0 bridgehead atoms. The quantitative estimate of drug-likeness (QED) is 0.670. The normalized spacial score (nSPS) is 19.9. The van der Waals surface area contributed by atoms with Gasteiger partial charge in [-0.3, -0.25) is 0 Å². The number of hydrogen-bond donors (Lipinski definition) is 0. The van der Waals surface area contributed by atoms with Crippen molar-refractivity contribution in [3.63, 3.8) is 0 Å². The highest BCUT2D eigenvalue weighted by atomic mass is 32.2. The molecular weight excluding hydrogens is 224 g/mol. The van der Waals surface area contributed by atoms with E-state index >= 15 is 0 Å². The molecule has 0 radical (unpaired) electrons. The molecule has 0 aromatic rings. The summed E-state index contributed by atoms with van der Waals surface area (Å²) in [7, 11) is 0. The molecule has 0 aromatic carbocycles. The number of terminal acetylenes is 2. The Hall–Kier alpha value is -0.810. The maximum Gasteiger partial charge on any atom is 0.307 e. The number of hydrogen-bond acceptors (Lipinski definition) is 3. The summed E-state index contributed by atoms with van der Waals surface area (Å²) in [6.45, 7) is 7.04. The van der Waals surface area contributed by atoms with Crippen molar-refractivity contribution in [1.29, 1.82) is 0 Å². The van der Waals surface area contributed by atoms with Crippen LogP contribution in [0.4, 0.5) is 0 Å². The third-order valence-electron chi connectivity index (χ3n) is 2.46. The highest BCUT2D eigenvalue weighted by Gasteiger charge is 2.29. The summed E-state index contributed by atoms with van der Waals surface area (Å²) < 4.78 is 21.9. The molecule has 0 amide bonds. The highest BCUT2D eigenvalue weighted by molar-refractivity contribution is 7.75. The molecule has 90 valence electrons. The van der Waals surface area contributed by atoms with E-state index < -0.39 is 22.6 Å². The monoisotopic (exact) mass is 242 g/mol. The van der Waals surface area contributed by atoms with Crippen LogP contribution < -0.4 is 0 Å². The first-order valence-corrected chi connectivity index (χ1v) is 6.11. The van der Waals surface area contributed by atoms with Gasteiger partial charge in [-0.15, -0.1) is 12.8 Å². The van der Waals surface area contributed by atoms with E-state index in [1.165, 1.54) is 0 Å². The zero-order chi connectivity index (χ0) is 12.8. The van der Waals surface area contributed by atoms with Gasteiger partial charge >= 0.3 is 11.4 Å². The molecule has 2 atom stereocenters. The SMILES string of the molecule is C#CC(C)(CC)OS(=O)OC(C)(C#C)CC. The highest BCUT2D eigenvalue weighted by Crippen LogP contribution is 2.21. The minimum Gasteiger partial charge on any atom is -0.249 e. The largest absolute Gasteiger partial charge is 0.307 e. The Morgan fingerprint density at radius 2 is 1.38 bits per heavy atom. The van der Waals surface area contributed by atoms with E-state index in [0.717, 1.165) is 0 Å². The van der Waals surface area contributed by atoms with Crippen molar-refractivity contribution in [2.45, 2.75) is 51.7 Å². The van der Waals surface area contributed by atoms with Crippen LogP contribution in [-0.4, -0.2) is 15.4 Å². The molecular formula is C12H18O3S. The molecule has 0 aliphatic carbocycles. The van der Waals surface area contributed by atoms with Crippen molar-refractivity contribution in [1.82, 2.24) is 0 Å². The van der Waals surface area contributed by atoms with Gasteiger partial charge in [0.05, 0.1) is 0 Å². The molecule has 0 heterocycles. The lowest BCUT2D eigenvalue weighted by Gasteiger charge is -2.25. The minimum absolute atomic E-state index is 0.539. The molecule has 0 spiro atoms. The maximum atomic E-state index is 11.6. The first-order valence-electron chi connectivity index (χ1n) is 5.11. The van der Waals surface area contributed by atoms with Crippen LogP contribution in [-0.2, 0) is 19.7 Å². The summed E-state index contributed by atoms with van der Waals surface area (Å²) >= 11 is -1.94. The van der Waals surface area contributed by atoms with Gasteiger partial charge in [0.1, 0.15) is 11.2 Å². The zero-order valence-electron chi connectivity index (χ0n) is 10.2. The van der Waals surface area contributed by atoms with E-state index in [1.54, 1.807) is 13.8 Å². The second-order valence-electron chi connectivity index (χ2n) is 3.83. The lowest BCUT2D eigenvalue weighted by atomic mass is 10.1. The van der Waals surface area contributed by atoms with E-state index in [9.17, 15) is 4.21 Å². The average Bonchev–Trinajstić information content (AvgIpc) is 2.28. The Kier molecular flexibility index (Phi) is 5.75. The van der Waals surface area contributed by atoms with Crippen LogP contribution in [0.15, 0.2) is 0 Å². The summed E-state index contributed by atoms with van der Waals surface area (Å²) in [5, 5.41) is 0. The fraction of sp³-hybridized carbons (Fsp3) is 0.667. The van der Waals surface area contributed by atoms with E-state index in [1.807, 2.05) is 13.8 Å². The van der Waals surface area contributed by atoms with Gasteiger partial charge in [-0.1, -0.05) is 25.7 Å². The molecule has 0 fully saturated rings. The molecule has 0 saturated heterocycles. The Bertz CT molecular complexity index is 307. The summed E-state index contributed by atoms with van der Waals surface area (Å²) in [5.41, 5.74) is -1.79. The second kappa shape index (κ2) is 6.06. The van der Waals surface area contributed by atoms with Crippen LogP contribution in [0, 0.1) is 24.7 Å². The van der Waals surface area contributed by atoms with Crippen LogP contribution in [0.3, 0.4) is 0 Å². The van der Waals surface area contributed by atoms with E-state index in [0.29, 0.717) is 12.8 Å². The van der Waals surface area contributed by atoms with E-state index in [-0.39, 0.29) is 0 Å². The number of rotatable bonds is 6. The van der Waals surface area contributed by atoms with E-state index in [2.05, 4.69) is 11.8 Å². The van der Waals surface area contributed by atoms with Gasteiger partial charge in [-0.2, -0.15) is 4.21 Å². The zero-order valence-corrected chi connectivity index (χ0v) is 11.0. The summed E-state index contributed by atoms with van der Waals surface area (Å²) in [6.07, 6.45) is 11.7. The standard InChI is InChI=1S/C12H18O3S/c1-7-11(5,8-2)14-16(13)15-12(6,9-3)10-4/h1,3H,8,10H2,2,4-6H3. The molecule has 0 N–H and O–H groups in total.